The Labute approximate surface area is 121 Å². The molecule has 1 aromatic heterocycles. The van der Waals surface area contributed by atoms with Crippen LogP contribution in [0.2, 0.25) is 0 Å². The minimum absolute atomic E-state index is 0. The van der Waals surface area contributed by atoms with Gasteiger partial charge in [-0.05, 0) is 24.5 Å². The normalized spacial score (nSPS) is 16.5. The molecule has 2 aromatic rings. The number of hydrogen-bond acceptors (Lipinski definition) is 1. The van der Waals surface area contributed by atoms with Gasteiger partial charge in [0.1, 0.15) is 0 Å². The molecule has 0 spiro atoms. The highest BCUT2D eigenvalue weighted by Gasteiger charge is 2.13. The van der Waals surface area contributed by atoms with Gasteiger partial charge in [-0.1, -0.05) is 37.5 Å². The molecule has 1 heterocycles. The molecule has 104 valence electrons. The number of aryl methyl sites for hydroxylation is 1. The number of halogens is 1. The Balaban J connectivity index is 0.00000133. The van der Waals surface area contributed by atoms with Crippen LogP contribution in [0, 0.1) is 0 Å². The van der Waals surface area contributed by atoms with E-state index in [4.69, 9.17) is 0 Å². The summed E-state index contributed by atoms with van der Waals surface area (Å²) < 4.78 is 2.23. The van der Waals surface area contributed by atoms with Gasteiger partial charge in [-0.15, -0.1) is 12.4 Å². The molecular formula is C16H23ClN2. The van der Waals surface area contributed by atoms with Crippen LogP contribution in [0.4, 0.5) is 0 Å². The topological polar surface area (TPSA) is 17.0 Å². The van der Waals surface area contributed by atoms with Gasteiger partial charge >= 0.3 is 0 Å². The van der Waals surface area contributed by atoms with Crippen molar-refractivity contribution >= 4 is 23.3 Å². The first-order valence-electron chi connectivity index (χ1n) is 7.11. The maximum Gasteiger partial charge on any atom is 0.0481 e. The lowest BCUT2D eigenvalue weighted by Crippen LogP contribution is -2.30. The number of aromatic nitrogens is 1. The van der Waals surface area contributed by atoms with E-state index in [2.05, 4.69) is 47.4 Å². The van der Waals surface area contributed by atoms with Crippen molar-refractivity contribution in [1.82, 2.24) is 9.88 Å². The number of nitrogens with zero attached hydrogens (tertiary/aromatic N) is 1. The zero-order chi connectivity index (χ0) is 12.4. The molecule has 1 aromatic carbocycles. The summed E-state index contributed by atoms with van der Waals surface area (Å²) in [5.41, 5.74) is 2.76. The van der Waals surface area contributed by atoms with Crippen molar-refractivity contribution in [2.75, 3.05) is 0 Å². The van der Waals surface area contributed by atoms with Crippen LogP contribution in [0.1, 0.15) is 37.7 Å². The Morgan fingerprint density at radius 1 is 1.16 bits per heavy atom. The number of nitrogens with one attached hydrogen (secondary N) is 1. The van der Waals surface area contributed by atoms with Gasteiger partial charge in [0.15, 0.2) is 0 Å². The largest absolute Gasteiger partial charge is 0.350 e. The van der Waals surface area contributed by atoms with E-state index in [-0.39, 0.29) is 12.4 Å². The standard InChI is InChI=1S/C16H22N2.ClH/c1-18-12-13(15-9-5-6-10-16(15)18)11-17-14-7-3-2-4-8-14;/h5-6,9-10,12,14,17H,2-4,7-8,11H2,1H3;1H. The maximum atomic E-state index is 3.73. The third-order valence-corrected chi connectivity index (χ3v) is 4.17. The van der Waals surface area contributed by atoms with Gasteiger partial charge in [-0.3, -0.25) is 0 Å². The molecule has 1 aliphatic rings. The molecule has 3 rings (SSSR count). The first kappa shape index (κ1) is 14.4. The van der Waals surface area contributed by atoms with Crippen molar-refractivity contribution in [2.45, 2.75) is 44.7 Å². The van der Waals surface area contributed by atoms with Gasteiger partial charge in [-0.25, -0.2) is 0 Å². The highest BCUT2D eigenvalue weighted by Crippen LogP contribution is 2.22. The number of benzene rings is 1. The summed E-state index contributed by atoms with van der Waals surface area (Å²) in [7, 11) is 2.13. The molecule has 1 fully saturated rings. The molecule has 3 heteroatoms. The fourth-order valence-corrected chi connectivity index (χ4v) is 3.13. The van der Waals surface area contributed by atoms with Crippen LogP contribution in [0.25, 0.3) is 10.9 Å². The Morgan fingerprint density at radius 2 is 1.89 bits per heavy atom. The van der Waals surface area contributed by atoms with Crippen molar-refractivity contribution in [1.29, 1.82) is 0 Å². The number of rotatable bonds is 3. The van der Waals surface area contributed by atoms with Crippen molar-refractivity contribution < 1.29 is 0 Å². The monoisotopic (exact) mass is 278 g/mol. The third-order valence-electron chi connectivity index (χ3n) is 4.17. The van der Waals surface area contributed by atoms with Gasteiger partial charge < -0.3 is 9.88 Å². The fourth-order valence-electron chi connectivity index (χ4n) is 3.13. The number of fused-ring (bicyclic) bond motifs is 1. The second-order valence-corrected chi connectivity index (χ2v) is 5.50. The fraction of sp³-hybridized carbons (Fsp3) is 0.500. The zero-order valence-corrected chi connectivity index (χ0v) is 12.4. The minimum Gasteiger partial charge on any atom is -0.350 e. The van der Waals surface area contributed by atoms with Crippen LogP contribution in [0.3, 0.4) is 0 Å². The van der Waals surface area contributed by atoms with Crippen molar-refractivity contribution in [2.24, 2.45) is 7.05 Å². The van der Waals surface area contributed by atoms with Crippen LogP contribution < -0.4 is 5.32 Å². The summed E-state index contributed by atoms with van der Waals surface area (Å²) >= 11 is 0. The van der Waals surface area contributed by atoms with E-state index in [1.54, 1.807) is 0 Å². The van der Waals surface area contributed by atoms with Gasteiger partial charge in [0, 0.05) is 36.7 Å². The first-order chi connectivity index (χ1) is 8.84. The van der Waals surface area contributed by atoms with E-state index in [0.29, 0.717) is 0 Å². The molecule has 0 bridgehead atoms. The molecule has 2 nitrogen and oxygen atoms in total. The van der Waals surface area contributed by atoms with Crippen LogP contribution in [-0.4, -0.2) is 10.6 Å². The van der Waals surface area contributed by atoms with E-state index < -0.39 is 0 Å². The van der Waals surface area contributed by atoms with Crippen LogP contribution >= 0.6 is 12.4 Å². The van der Waals surface area contributed by atoms with E-state index in [1.165, 1.54) is 48.6 Å². The van der Waals surface area contributed by atoms with Crippen molar-refractivity contribution in [3.05, 3.63) is 36.0 Å². The Kier molecular flexibility index (Phi) is 4.89. The predicted octanol–water partition coefficient (Wildman–Crippen LogP) is 4.02. The number of hydrogen-bond donors (Lipinski definition) is 1. The summed E-state index contributed by atoms with van der Waals surface area (Å²) in [4.78, 5) is 0. The minimum atomic E-state index is 0. The predicted molar refractivity (Wildman–Crippen MR) is 83.9 cm³/mol. The Hall–Kier alpha value is -0.990. The molecule has 19 heavy (non-hydrogen) atoms. The summed E-state index contributed by atoms with van der Waals surface area (Å²) in [5, 5.41) is 5.12. The SMILES string of the molecule is Cl.Cn1cc(CNC2CCCCC2)c2ccccc21. The van der Waals surface area contributed by atoms with Gasteiger partial charge in [0.05, 0.1) is 0 Å². The van der Waals surface area contributed by atoms with E-state index in [9.17, 15) is 0 Å². The number of para-hydroxylation sites is 1. The average Bonchev–Trinajstić information content (AvgIpc) is 2.75. The lowest BCUT2D eigenvalue weighted by molar-refractivity contribution is 0.372. The molecule has 0 radical (unpaired) electrons. The van der Waals surface area contributed by atoms with Crippen LogP contribution in [0.5, 0.6) is 0 Å². The molecule has 1 saturated carbocycles. The molecular weight excluding hydrogens is 256 g/mol. The highest BCUT2D eigenvalue weighted by atomic mass is 35.5. The average molecular weight is 279 g/mol. The van der Waals surface area contributed by atoms with Crippen LogP contribution in [0.15, 0.2) is 30.5 Å². The second-order valence-electron chi connectivity index (χ2n) is 5.50. The summed E-state index contributed by atoms with van der Waals surface area (Å²) in [6.45, 7) is 1.01. The first-order valence-corrected chi connectivity index (χ1v) is 7.11. The Morgan fingerprint density at radius 3 is 2.68 bits per heavy atom. The van der Waals surface area contributed by atoms with Crippen molar-refractivity contribution in [3.63, 3.8) is 0 Å². The van der Waals surface area contributed by atoms with E-state index in [1.807, 2.05) is 0 Å². The van der Waals surface area contributed by atoms with Crippen molar-refractivity contribution in [3.8, 4) is 0 Å². The smallest absolute Gasteiger partial charge is 0.0481 e. The van der Waals surface area contributed by atoms with Gasteiger partial charge in [-0.2, -0.15) is 0 Å². The Bertz CT molecular complexity index is 527. The zero-order valence-electron chi connectivity index (χ0n) is 11.6. The molecule has 1 N–H and O–H groups in total. The summed E-state index contributed by atoms with van der Waals surface area (Å²) in [6, 6.07) is 9.40. The summed E-state index contributed by atoms with van der Waals surface area (Å²) in [5.74, 6) is 0. The van der Waals surface area contributed by atoms with E-state index >= 15 is 0 Å². The lowest BCUT2D eigenvalue weighted by Gasteiger charge is -2.22. The molecule has 0 atom stereocenters. The van der Waals surface area contributed by atoms with E-state index in [0.717, 1.165) is 12.6 Å². The second kappa shape index (κ2) is 6.44. The third kappa shape index (κ3) is 3.13. The van der Waals surface area contributed by atoms with Crippen LogP contribution in [-0.2, 0) is 13.6 Å². The van der Waals surface area contributed by atoms with Gasteiger partial charge in [0.25, 0.3) is 0 Å². The maximum absolute atomic E-state index is 3.73. The quantitative estimate of drug-likeness (QED) is 0.897. The molecule has 0 saturated heterocycles. The highest BCUT2D eigenvalue weighted by molar-refractivity contribution is 5.85. The lowest BCUT2D eigenvalue weighted by atomic mass is 9.95. The summed E-state index contributed by atoms with van der Waals surface area (Å²) in [6.07, 6.45) is 9.18. The molecule has 0 amide bonds. The molecule has 0 unspecified atom stereocenters. The molecule has 1 aliphatic carbocycles. The molecule has 0 aliphatic heterocycles. The van der Waals surface area contributed by atoms with Gasteiger partial charge in [0.2, 0.25) is 0 Å².